The van der Waals surface area contributed by atoms with Crippen molar-refractivity contribution in [3.63, 3.8) is 0 Å². The van der Waals surface area contributed by atoms with Crippen LogP contribution in [0, 0.1) is 13.8 Å². The van der Waals surface area contributed by atoms with Crippen LogP contribution in [0.3, 0.4) is 0 Å². The molecule has 0 saturated heterocycles. The zero-order chi connectivity index (χ0) is 17.4. The lowest BCUT2D eigenvalue weighted by Gasteiger charge is -2.10. The van der Waals surface area contributed by atoms with Crippen LogP contribution in [0.2, 0.25) is 0 Å². The summed E-state index contributed by atoms with van der Waals surface area (Å²) in [6.45, 7) is 4.52. The van der Waals surface area contributed by atoms with Crippen molar-refractivity contribution in [2.45, 2.75) is 20.8 Å². The topological polar surface area (TPSA) is 78.9 Å². The van der Waals surface area contributed by atoms with Gasteiger partial charge in [-0.25, -0.2) is 4.79 Å². The van der Waals surface area contributed by atoms with Crippen LogP contribution in [0.15, 0.2) is 37.9 Å². The molecule has 0 fully saturated rings. The zero-order valence-corrected chi connectivity index (χ0v) is 13.8. The van der Waals surface area contributed by atoms with E-state index in [1.807, 2.05) is 12.1 Å². The molecule has 1 aromatic carbocycles. The summed E-state index contributed by atoms with van der Waals surface area (Å²) in [5, 5.41) is 0.806. The van der Waals surface area contributed by atoms with Crippen molar-refractivity contribution in [3.05, 3.63) is 45.8 Å². The number of furan rings is 1. The van der Waals surface area contributed by atoms with E-state index < -0.39 is 11.6 Å². The maximum atomic E-state index is 12.1. The Labute approximate surface area is 137 Å². The number of methoxy groups -OCH3 is 1. The number of rotatable bonds is 3. The fourth-order valence-electron chi connectivity index (χ4n) is 2.56. The summed E-state index contributed by atoms with van der Waals surface area (Å²) in [6, 6.07) is 7.22. The quantitative estimate of drug-likeness (QED) is 0.684. The molecule has 24 heavy (non-hydrogen) atoms. The Morgan fingerprint density at radius 3 is 2.54 bits per heavy atom. The number of hydrogen-bond donors (Lipinski definition) is 0. The SMILES string of the molecule is COc1cccc2cc(-c3oc(=O)c(C)c(OC(C)=O)c3C)oc12. The highest BCUT2D eigenvalue weighted by Crippen LogP contribution is 2.36. The predicted molar refractivity (Wildman–Crippen MR) is 87.5 cm³/mol. The summed E-state index contributed by atoms with van der Waals surface area (Å²) in [4.78, 5) is 23.4. The number of hydrogen-bond acceptors (Lipinski definition) is 6. The highest BCUT2D eigenvalue weighted by atomic mass is 16.5. The minimum absolute atomic E-state index is 0.196. The van der Waals surface area contributed by atoms with Crippen LogP contribution in [0.5, 0.6) is 11.5 Å². The molecule has 3 rings (SSSR count). The predicted octanol–water partition coefficient (Wildman–Crippen LogP) is 3.60. The van der Waals surface area contributed by atoms with Crippen molar-refractivity contribution in [2.75, 3.05) is 7.11 Å². The van der Waals surface area contributed by atoms with Gasteiger partial charge in [0.25, 0.3) is 0 Å². The first-order valence-electron chi connectivity index (χ1n) is 7.32. The molecular weight excluding hydrogens is 312 g/mol. The summed E-state index contributed by atoms with van der Waals surface area (Å²) in [5.41, 5.74) is 0.714. The second kappa shape index (κ2) is 5.88. The van der Waals surface area contributed by atoms with Crippen molar-refractivity contribution in [1.29, 1.82) is 0 Å². The monoisotopic (exact) mass is 328 g/mol. The maximum Gasteiger partial charge on any atom is 0.343 e. The zero-order valence-electron chi connectivity index (χ0n) is 13.8. The largest absolute Gasteiger partial charge is 0.493 e. The third-order valence-corrected chi connectivity index (χ3v) is 3.72. The van der Waals surface area contributed by atoms with Crippen LogP contribution in [0.25, 0.3) is 22.5 Å². The van der Waals surface area contributed by atoms with E-state index in [9.17, 15) is 9.59 Å². The average molecular weight is 328 g/mol. The van der Waals surface area contributed by atoms with Gasteiger partial charge in [0.1, 0.15) is 5.75 Å². The number of carbonyl (C=O) groups is 1. The summed E-state index contributed by atoms with van der Waals surface area (Å²) in [6.07, 6.45) is 0. The number of carbonyl (C=O) groups excluding carboxylic acids is 1. The Kier molecular flexibility index (Phi) is 3.89. The first kappa shape index (κ1) is 15.9. The van der Waals surface area contributed by atoms with Crippen molar-refractivity contribution in [3.8, 4) is 23.0 Å². The number of ether oxygens (including phenoxy) is 2. The number of benzene rings is 1. The van der Waals surface area contributed by atoms with Gasteiger partial charge in [0.05, 0.1) is 12.7 Å². The van der Waals surface area contributed by atoms with Gasteiger partial charge in [-0.2, -0.15) is 0 Å². The van der Waals surface area contributed by atoms with Gasteiger partial charge in [-0.05, 0) is 26.0 Å². The molecule has 6 nitrogen and oxygen atoms in total. The molecule has 0 spiro atoms. The van der Waals surface area contributed by atoms with Crippen LogP contribution in [0.4, 0.5) is 0 Å². The van der Waals surface area contributed by atoms with E-state index in [0.29, 0.717) is 22.7 Å². The van der Waals surface area contributed by atoms with Gasteiger partial charge in [0.15, 0.2) is 22.9 Å². The van der Waals surface area contributed by atoms with Gasteiger partial charge in [0, 0.05) is 17.9 Å². The molecule has 0 N–H and O–H groups in total. The molecule has 0 radical (unpaired) electrons. The Morgan fingerprint density at radius 1 is 1.12 bits per heavy atom. The highest BCUT2D eigenvalue weighted by molar-refractivity contribution is 5.87. The molecule has 2 heterocycles. The smallest absolute Gasteiger partial charge is 0.343 e. The average Bonchev–Trinajstić information content (AvgIpc) is 2.98. The third kappa shape index (κ3) is 2.56. The molecule has 0 unspecified atom stereocenters. The van der Waals surface area contributed by atoms with Crippen LogP contribution in [0.1, 0.15) is 18.1 Å². The molecule has 0 aliphatic rings. The van der Waals surface area contributed by atoms with E-state index in [0.717, 1.165) is 5.39 Å². The van der Waals surface area contributed by atoms with Crippen LogP contribution in [-0.2, 0) is 4.79 Å². The van der Waals surface area contributed by atoms with Gasteiger partial charge < -0.3 is 18.3 Å². The Morgan fingerprint density at radius 2 is 1.88 bits per heavy atom. The molecule has 2 aromatic heterocycles. The van der Waals surface area contributed by atoms with Crippen molar-refractivity contribution in [2.24, 2.45) is 0 Å². The Bertz CT molecular complexity index is 993. The van der Waals surface area contributed by atoms with E-state index in [-0.39, 0.29) is 17.1 Å². The lowest BCUT2D eigenvalue weighted by molar-refractivity contribution is -0.132. The van der Waals surface area contributed by atoms with Crippen LogP contribution < -0.4 is 15.1 Å². The molecule has 0 saturated carbocycles. The second-order valence-electron chi connectivity index (χ2n) is 5.38. The fraction of sp³-hybridized carbons (Fsp3) is 0.222. The first-order chi connectivity index (χ1) is 11.4. The lowest BCUT2D eigenvalue weighted by atomic mass is 10.1. The van der Waals surface area contributed by atoms with E-state index in [4.69, 9.17) is 18.3 Å². The summed E-state index contributed by atoms with van der Waals surface area (Å²) in [7, 11) is 1.55. The minimum atomic E-state index is -0.584. The van der Waals surface area contributed by atoms with Crippen molar-refractivity contribution in [1.82, 2.24) is 0 Å². The van der Waals surface area contributed by atoms with E-state index in [2.05, 4.69) is 0 Å². The van der Waals surface area contributed by atoms with Crippen molar-refractivity contribution < 1.29 is 23.1 Å². The van der Waals surface area contributed by atoms with Gasteiger partial charge >= 0.3 is 11.6 Å². The van der Waals surface area contributed by atoms with Crippen LogP contribution in [-0.4, -0.2) is 13.1 Å². The molecule has 0 aliphatic carbocycles. The third-order valence-electron chi connectivity index (χ3n) is 3.72. The minimum Gasteiger partial charge on any atom is -0.493 e. The molecule has 0 amide bonds. The summed E-state index contributed by atoms with van der Waals surface area (Å²) < 4.78 is 21.6. The molecular formula is C18H16O6. The lowest BCUT2D eigenvalue weighted by Crippen LogP contribution is -2.12. The van der Waals surface area contributed by atoms with Gasteiger partial charge in [-0.3, -0.25) is 4.79 Å². The summed E-state index contributed by atoms with van der Waals surface area (Å²) in [5.74, 6) is 0.842. The Balaban J connectivity index is 2.25. The number of esters is 1. The molecule has 3 aromatic rings. The summed E-state index contributed by atoms with van der Waals surface area (Å²) >= 11 is 0. The van der Waals surface area contributed by atoms with E-state index >= 15 is 0 Å². The van der Waals surface area contributed by atoms with E-state index in [1.54, 1.807) is 33.1 Å². The maximum absolute atomic E-state index is 12.1. The first-order valence-corrected chi connectivity index (χ1v) is 7.32. The number of para-hydroxylation sites is 1. The molecule has 0 atom stereocenters. The Hall–Kier alpha value is -3.02. The molecule has 124 valence electrons. The highest BCUT2D eigenvalue weighted by Gasteiger charge is 2.21. The van der Waals surface area contributed by atoms with Gasteiger partial charge in [-0.1, -0.05) is 12.1 Å². The normalized spacial score (nSPS) is 10.8. The van der Waals surface area contributed by atoms with Crippen molar-refractivity contribution >= 4 is 16.9 Å². The van der Waals surface area contributed by atoms with Crippen LogP contribution >= 0.6 is 0 Å². The molecule has 0 bridgehead atoms. The molecule has 0 aliphatic heterocycles. The standard InChI is InChI=1S/C18H16O6/c1-9-15(22-11(3)19)10(2)18(20)24-16(9)14-8-12-6-5-7-13(21-4)17(12)23-14/h5-8H,1-4H3. The van der Waals surface area contributed by atoms with E-state index in [1.165, 1.54) is 6.92 Å². The van der Waals surface area contributed by atoms with Gasteiger partial charge in [-0.15, -0.1) is 0 Å². The second-order valence-corrected chi connectivity index (χ2v) is 5.38. The number of fused-ring (bicyclic) bond motifs is 1. The molecule has 6 heteroatoms. The van der Waals surface area contributed by atoms with Gasteiger partial charge in [0.2, 0.25) is 0 Å². The fourth-order valence-corrected chi connectivity index (χ4v) is 2.56.